The van der Waals surface area contributed by atoms with Gasteiger partial charge >= 0.3 is 0 Å². The molecule has 0 saturated carbocycles. The summed E-state index contributed by atoms with van der Waals surface area (Å²) in [5, 5.41) is 2.95. The van der Waals surface area contributed by atoms with Gasteiger partial charge in [-0.1, -0.05) is 11.6 Å². The molecule has 0 radical (unpaired) electrons. The van der Waals surface area contributed by atoms with Crippen molar-refractivity contribution in [1.82, 2.24) is 5.32 Å². The highest BCUT2D eigenvalue weighted by molar-refractivity contribution is 5.75. The molecule has 114 valence electrons. The molecule has 4 heteroatoms. The minimum Gasteiger partial charge on any atom is -0.493 e. The van der Waals surface area contributed by atoms with Gasteiger partial charge in [0.1, 0.15) is 5.75 Å². The maximum absolute atomic E-state index is 11.7. The lowest BCUT2D eigenvalue weighted by Gasteiger charge is -2.13. The lowest BCUT2D eigenvalue weighted by atomic mass is 9.97. The molecule has 0 bridgehead atoms. The molecule has 0 aliphatic heterocycles. The van der Waals surface area contributed by atoms with E-state index in [1.165, 1.54) is 31.3 Å². The summed E-state index contributed by atoms with van der Waals surface area (Å²) in [6.45, 7) is 1.12. The molecule has 0 spiro atoms. The molecule has 21 heavy (non-hydrogen) atoms. The van der Waals surface area contributed by atoms with E-state index in [9.17, 15) is 4.79 Å². The van der Waals surface area contributed by atoms with Crippen LogP contribution in [0.2, 0.25) is 0 Å². The molecule has 0 fully saturated rings. The molecule has 1 aliphatic rings. The number of benzene rings is 1. The highest BCUT2D eigenvalue weighted by Crippen LogP contribution is 2.19. The first-order valence-corrected chi connectivity index (χ1v) is 7.67. The minimum absolute atomic E-state index is 0.0434. The van der Waals surface area contributed by atoms with E-state index in [1.807, 2.05) is 12.1 Å². The summed E-state index contributed by atoms with van der Waals surface area (Å²) >= 11 is 0. The summed E-state index contributed by atoms with van der Waals surface area (Å²) < 4.78 is 5.50. The molecule has 1 aromatic rings. The van der Waals surface area contributed by atoms with Gasteiger partial charge in [-0.15, -0.1) is 0 Å². The molecular formula is C17H24N2O2. The third-order valence-corrected chi connectivity index (χ3v) is 3.63. The van der Waals surface area contributed by atoms with Crippen LogP contribution in [0.5, 0.6) is 5.75 Å². The number of rotatable bonds is 7. The molecule has 0 unspecified atom stereocenters. The second kappa shape index (κ2) is 8.35. The zero-order valence-corrected chi connectivity index (χ0v) is 12.4. The Hall–Kier alpha value is -1.97. The number of hydrogen-bond donors (Lipinski definition) is 2. The van der Waals surface area contributed by atoms with Crippen molar-refractivity contribution in [3.63, 3.8) is 0 Å². The third kappa shape index (κ3) is 5.90. The summed E-state index contributed by atoms with van der Waals surface area (Å²) in [5.41, 5.74) is 7.79. The van der Waals surface area contributed by atoms with E-state index in [0.717, 1.165) is 18.7 Å². The van der Waals surface area contributed by atoms with Crippen LogP contribution >= 0.6 is 0 Å². The van der Waals surface area contributed by atoms with Gasteiger partial charge in [-0.3, -0.25) is 4.79 Å². The fourth-order valence-corrected chi connectivity index (χ4v) is 2.41. The number of anilines is 1. The zero-order valence-electron chi connectivity index (χ0n) is 12.4. The summed E-state index contributed by atoms with van der Waals surface area (Å²) in [5.74, 6) is 0.784. The number of allylic oxidation sites excluding steroid dienone is 1. The maximum atomic E-state index is 11.7. The maximum Gasteiger partial charge on any atom is 0.223 e. The Kier molecular flexibility index (Phi) is 6.13. The molecule has 0 saturated heterocycles. The van der Waals surface area contributed by atoms with Crippen LogP contribution in [0.25, 0.3) is 0 Å². The Morgan fingerprint density at radius 2 is 2.05 bits per heavy atom. The Balaban J connectivity index is 1.57. The molecular weight excluding hydrogens is 264 g/mol. The van der Waals surface area contributed by atoms with Crippen LogP contribution in [-0.2, 0) is 4.79 Å². The lowest BCUT2D eigenvalue weighted by molar-refractivity contribution is -0.121. The first-order valence-electron chi connectivity index (χ1n) is 7.67. The lowest BCUT2D eigenvalue weighted by Crippen LogP contribution is -2.26. The van der Waals surface area contributed by atoms with E-state index >= 15 is 0 Å². The van der Waals surface area contributed by atoms with Gasteiger partial charge in [0.05, 0.1) is 13.0 Å². The number of amides is 1. The van der Waals surface area contributed by atoms with E-state index < -0.39 is 0 Å². The summed E-state index contributed by atoms with van der Waals surface area (Å²) in [7, 11) is 0. The minimum atomic E-state index is 0.0434. The normalized spacial score (nSPS) is 14.4. The van der Waals surface area contributed by atoms with Gasteiger partial charge in [0.25, 0.3) is 0 Å². The van der Waals surface area contributed by atoms with E-state index in [2.05, 4.69) is 11.4 Å². The van der Waals surface area contributed by atoms with Gasteiger partial charge in [0.15, 0.2) is 0 Å². The number of nitrogens with one attached hydrogen (secondary N) is 1. The van der Waals surface area contributed by atoms with Crippen molar-refractivity contribution in [2.45, 2.75) is 38.5 Å². The molecule has 1 amide bonds. The first kappa shape index (κ1) is 15.4. The van der Waals surface area contributed by atoms with Gasteiger partial charge in [-0.05, 0) is 56.4 Å². The molecule has 0 heterocycles. The Labute approximate surface area is 126 Å². The average molecular weight is 288 g/mol. The Morgan fingerprint density at radius 1 is 1.24 bits per heavy atom. The predicted octanol–water partition coefficient (Wildman–Crippen LogP) is 3.04. The van der Waals surface area contributed by atoms with Crippen LogP contribution < -0.4 is 15.8 Å². The summed E-state index contributed by atoms with van der Waals surface area (Å²) in [6.07, 6.45) is 8.65. The standard InChI is InChI=1S/C17H24N2O2/c18-15-6-8-16(9-7-15)21-13-11-17(20)19-12-10-14-4-2-1-3-5-14/h4,6-9H,1-3,5,10-13,18H2,(H,19,20). The zero-order chi connectivity index (χ0) is 14.9. The quantitative estimate of drug-likeness (QED) is 0.598. The first-order chi connectivity index (χ1) is 10.2. The highest BCUT2D eigenvalue weighted by atomic mass is 16.5. The van der Waals surface area contributed by atoms with Crippen LogP contribution in [-0.4, -0.2) is 19.1 Å². The van der Waals surface area contributed by atoms with Crippen molar-refractivity contribution >= 4 is 11.6 Å². The Bertz CT molecular complexity index is 480. The fraction of sp³-hybridized carbons (Fsp3) is 0.471. The molecule has 2 rings (SSSR count). The average Bonchev–Trinajstić information content (AvgIpc) is 2.50. The largest absolute Gasteiger partial charge is 0.493 e. The molecule has 1 aliphatic carbocycles. The summed E-state index contributed by atoms with van der Waals surface area (Å²) in [6, 6.07) is 7.19. The van der Waals surface area contributed by atoms with Gasteiger partial charge < -0.3 is 15.8 Å². The number of nitrogen functional groups attached to an aromatic ring is 1. The summed E-state index contributed by atoms with van der Waals surface area (Å²) in [4.78, 5) is 11.7. The van der Waals surface area contributed by atoms with Gasteiger partial charge in [-0.25, -0.2) is 0 Å². The fourth-order valence-electron chi connectivity index (χ4n) is 2.41. The molecule has 1 aromatic carbocycles. The van der Waals surface area contributed by atoms with E-state index in [0.29, 0.717) is 18.7 Å². The van der Waals surface area contributed by atoms with E-state index in [-0.39, 0.29) is 5.91 Å². The molecule has 0 aromatic heterocycles. The van der Waals surface area contributed by atoms with Gasteiger partial charge in [-0.2, -0.15) is 0 Å². The van der Waals surface area contributed by atoms with Crippen molar-refractivity contribution in [2.24, 2.45) is 0 Å². The number of carbonyl (C=O) groups is 1. The van der Waals surface area contributed by atoms with Crippen molar-refractivity contribution in [1.29, 1.82) is 0 Å². The number of carbonyl (C=O) groups excluding carboxylic acids is 1. The van der Waals surface area contributed by atoms with Crippen LogP contribution in [0, 0.1) is 0 Å². The third-order valence-electron chi connectivity index (χ3n) is 3.63. The number of hydrogen-bond acceptors (Lipinski definition) is 3. The van der Waals surface area contributed by atoms with Crippen molar-refractivity contribution < 1.29 is 9.53 Å². The smallest absolute Gasteiger partial charge is 0.223 e. The molecule has 3 N–H and O–H groups in total. The Morgan fingerprint density at radius 3 is 2.76 bits per heavy atom. The monoisotopic (exact) mass is 288 g/mol. The van der Waals surface area contributed by atoms with Gasteiger partial charge in [0.2, 0.25) is 5.91 Å². The number of nitrogens with two attached hydrogens (primary N) is 1. The van der Waals surface area contributed by atoms with E-state index in [1.54, 1.807) is 12.1 Å². The van der Waals surface area contributed by atoms with Crippen molar-refractivity contribution in [3.05, 3.63) is 35.9 Å². The molecule has 0 atom stereocenters. The SMILES string of the molecule is Nc1ccc(OCCC(=O)NCCC2=CCCCC2)cc1. The predicted molar refractivity (Wildman–Crippen MR) is 85.1 cm³/mol. The molecule has 4 nitrogen and oxygen atoms in total. The van der Waals surface area contributed by atoms with Crippen LogP contribution in [0.15, 0.2) is 35.9 Å². The van der Waals surface area contributed by atoms with Gasteiger partial charge in [0, 0.05) is 12.2 Å². The highest BCUT2D eigenvalue weighted by Gasteiger charge is 2.05. The second-order valence-corrected chi connectivity index (χ2v) is 5.38. The van der Waals surface area contributed by atoms with Crippen molar-refractivity contribution in [3.8, 4) is 5.75 Å². The van der Waals surface area contributed by atoms with Crippen LogP contribution in [0.3, 0.4) is 0 Å². The topological polar surface area (TPSA) is 64.3 Å². The van der Waals surface area contributed by atoms with Crippen LogP contribution in [0.1, 0.15) is 38.5 Å². The second-order valence-electron chi connectivity index (χ2n) is 5.38. The van der Waals surface area contributed by atoms with Crippen molar-refractivity contribution in [2.75, 3.05) is 18.9 Å². The number of ether oxygens (including phenoxy) is 1. The van der Waals surface area contributed by atoms with Crippen LogP contribution in [0.4, 0.5) is 5.69 Å². The van der Waals surface area contributed by atoms with E-state index in [4.69, 9.17) is 10.5 Å².